The highest BCUT2D eigenvalue weighted by atomic mass is 19.1. The van der Waals surface area contributed by atoms with E-state index in [0.29, 0.717) is 43.6 Å². The zero-order valence-corrected chi connectivity index (χ0v) is 19.4. The molecule has 2 aromatic rings. The van der Waals surface area contributed by atoms with E-state index in [1.54, 1.807) is 24.3 Å². The lowest BCUT2D eigenvalue weighted by molar-refractivity contribution is -0.125. The Bertz CT molecular complexity index is 1140. The standard InChI is InChI=1S/C28H29FO5/c1-3-13-28(14-4-2)24(31)16-23(30)25(27(28)33)26(32)22-15-21(22)17-5-9-19(10-6-17)34-20-11-7-18(29)8-12-20/h5-12,16,21-22,30,33H,3-4,13-15H2,1-2H3. The van der Waals surface area contributed by atoms with E-state index in [9.17, 15) is 24.2 Å². The molecule has 0 heterocycles. The summed E-state index contributed by atoms with van der Waals surface area (Å²) in [7, 11) is 0. The molecule has 34 heavy (non-hydrogen) atoms. The lowest BCUT2D eigenvalue weighted by Gasteiger charge is -2.34. The van der Waals surface area contributed by atoms with Crippen molar-refractivity contribution in [2.75, 3.05) is 0 Å². The second kappa shape index (κ2) is 9.45. The third-order valence-corrected chi connectivity index (χ3v) is 6.77. The van der Waals surface area contributed by atoms with Gasteiger partial charge in [-0.25, -0.2) is 4.39 Å². The van der Waals surface area contributed by atoms with Crippen LogP contribution < -0.4 is 4.74 Å². The largest absolute Gasteiger partial charge is 0.510 e. The van der Waals surface area contributed by atoms with Crippen molar-refractivity contribution >= 4 is 11.6 Å². The highest BCUT2D eigenvalue weighted by Crippen LogP contribution is 2.52. The number of carbonyl (C=O) groups excluding carboxylic acids is 2. The van der Waals surface area contributed by atoms with Gasteiger partial charge in [0.15, 0.2) is 11.6 Å². The maximum Gasteiger partial charge on any atom is 0.173 e. The van der Waals surface area contributed by atoms with Gasteiger partial charge in [-0.15, -0.1) is 0 Å². The minimum absolute atomic E-state index is 0.0372. The van der Waals surface area contributed by atoms with E-state index in [2.05, 4.69) is 0 Å². The highest BCUT2D eigenvalue weighted by Gasteiger charge is 2.51. The number of halogens is 1. The van der Waals surface area contributed by atoms with Gasteiger partial charge >= 0.3 is 0 Å². The van der Waals surface area contributed by atoms with Crippen LogP contribution >= 0.6 is 0 Å². The van der Waals surface area contributed by atoms with Crippen LogP contribution in [0.25, 0.3) is 0 Å². The van der Waals surface area contributed by atoms with Gasteiger partial charge in [0.25, 0.3) is 0 Å². The topological polar surface area (TPSA) is 83.8 Å². The molecular formula is C28H29FO5. The molecule has 1 fully saturated rings. The van der Waals surface area contributed by atoms with Crippen molar-refractivity contribution in [3.05, 3.63) is 83.1 Å². The lowest BCUT2D eigenvalue weighted by atomic mass is 9.69. The van der Waals surface area contributed by atoms with Crippen LogP contribution in [0.3, 0.4) is 0 Å². The highest BCUT2D eigenvalue weighted by molar-refractivity contribution is 6.09. The van der Waals surface area contributed by atoms with Crippen molar-refractivity contribution in [1.29, 1.82) is 0 Å². The van der Waals surface area contributed by atoms with Gasteiger partial charge in [0, 0.05) is 12.0 Å². The van der Waals surface area contributed by atoms with E-state index in [0.717, 1.165) is 11.6 Å². The van der Waals surface area contributed by atoms with Crippen LogP contribution in [-0.2, 0) is 9.59 Å². The molecule has 4 rings (SSSR count). The maximum absolute atomic E-state index is 13.3. The predicted octanol–water partition coefficient (Wildman–Crippen LogP) is 6.71. The molecule has 2 aliphatic rings. The first-order chi connectivity index (χ1) is 16.3. The number of hydrogen-bond acceptors (Lipinski definition) is 5. The molecule has 0 aliphatic heterocycles. The smallest absolute Gasteiger partial charge is 0.173 e. The second-order valence-corrected chi connectivity index (χ2v) is 9.14. The number of hydrogen-bond donors (Lipinski definition) is 2. The number of carbonyl (C=O) groups is 2. The minimum atomic E-state index is -1.13. The lowest BCUT2D eigenvalue weighted by Crippen LogP contribution is -2.37. The average molecular weight is 465 g/mol. The number of ether oxygens (including phenoxy) is 1. The molecule has 0 saturated heterocycles. The van der Waals surface area contributed by atoms with E-state index in [4.69, 9.17) is 4.74 Å². The van der Waals surface area contributed by atoms with E-state index in [1.165, 1.54) is 12.1 Å². The van der Waals surface area contributed by atoms with Crippen LogP contribution in [0.5, 0.6) is 11.5 Å². The third kappa shape index (κ3) is 4.37. The van der Waals surface area contributed by atoms with Crippen molar-refractivity contribution in [3.8, 4) is 11.5 Å². The molecule has 2 unspecified atom stereocenters. The molecule has 2 atom stereocenters. The van der Waals surface area contributed by atoms with Gasteiger partial charge in [-0.2, -0.15) is 0 Å². The summed E-state index contributed by atoms with van der Waals surface area (Å²) in [6.45, 7) is 3.86. The van der Waals surface area contributed by atoms with Crippen LogP contribution in [-0.4, -0.2) is 21.8 Å². The fourth-order valence-corrected chi connectivity index (χ4v) is 4.98. The summed E-state index contributed by atoms with van der Waals surface area (Å²) in [4.78, 5) is 26.1. The van der Waals surface area contributed by atoms with E-state index in [-0.39, 0.29) is 40.6 Å². The Kier molecular flexibility index (Phi) is 6.60. The Hall–Kier alpha value is -3.41. The van der Waals surface area contributed by atoms with E-state index in [1.807, 2.05) is 26.0 Å². The summed E-state index contributed by atoms with van der Waals surface area (Å²) in [5, 5.41) is 21.5. The quantitative estimate of drug-likeness (QED) is 0.431. The minimum Gasteiger partial charge on any atom is -0.510 e. The summed E-state index contributed by atoms with van der Waals surface area (Å²) < 4.78 is 18.8. The molecule has 2 aromatic carbocycles. The van der Waals surface area contributed by atoms with Gasteiger partial charge < -0.3 is 14.9 Å². The van der Waals surface area contributed by atoms with E-state index < -0.39 is 11.2 Å². The fourth-order valence-electron chi connectivity index (χ4n) is 4.98. The Morgan fingerprint density at radius 2 is 1.56 bits per heavy atom. The van der Waals surface area contributed by atoms with Crippen molar-refractivity contribution in [1.82, 2.24) is 0 Å². The summed E-state index contributed by atoms with van der Waals surface area (Å²) >= 11 is 0. The van der Waals surface area contributed by atoms with Crippen molar-refractivity contribution < 1.29 is 28.9 Å². The first-order valence-electron chi connectivity index (χ1n) is 11.8. The zero-order valence-electron chi connectivity index (χ0n) is 19.4. The van der Waals surface area contributed by atoms with Crippen LogP contribution in [0.1, 0.15) is 57.4 Å². The van der Waals surface area contributed by atoms with Crippen molar-refractivity contribution in [2.45, 2.75) is 51.9 Å². The molecule has 2 aliphatic carbocycles. The van der Waals surface area contributed by atoms with Crippen molar-refractivity contribution in [3.63, 3.8) is 0 Å². The maximum atomic E-state index is 13.3. The molecule has 0 amide bonds. The fraction of sp³-hybridized carbons (Fsp3) is 0.357. The predicted molar refractivity (Wildman–Crippen MR) is 126 cm³/mol. The second-order valence-electron chi connectivity index (χ2n) is 9.14. The Morgan fingerprint density at radius 3 is 2.12 bits per heavy atom. The number of aliphatic hydroxyl groups is 2. The molecule has 178 valence electrons. The molecule has 6 heteroatoms. The normalized spacial score (nSPS) is 21.3. The van der Waals surface area contributed by atoms with Crippen LogP contribution in [0.4, 0.5) is 4.39 Å². The molecular weight excluding hydrogens is 435 g/mol. The van der Waals surface area contributed by atoms with Gasteiger partial charge in [-0.3, -0.25) is 9.59 Å². The van der Waals surface area contributed by atoms with E-state index >= 15 is 0 Å². The number of aliphatic hydroxyl groups excluding tert-OH is 2. The zero-order chi connectivity index (χ0) is 24.5. The SMILES string of the molecule is CCCC1(CCC)C(=O)C=C(O)C(C(=O)C2CC2c2ccc(Oc3ccc(F)cc3)cc2)=C1O. The van der Waals surface area contributed by atoms with Crippen molar-refractivity contribution in [2.24, 2.45) is 11.3 Å². The van der Waals surface area contributed by atoms with Gasteiger partial charge in [-0.05, 0) is 67.1 Å². The van der Waals surface area contributed by atoms with Crippen LogP contribution in [0.2, 0.25) is 0 Å². The van der Waals surface area contributed by atoms with Gasteiger partial charge in [0.2, 0.25) is 0 Å². The Balaban J connectivity index is 1.51. The summed E-state index contributed by atoms with van der Waals surface area (Å²) in [6.07, 6.45) is 3.90. The van der Waals surface area contributed by atoms with Gasteiger partial charge in [0.05, 0.1) is 11.0 Å². The third-order valence-electron chi connectivity index (χ3n) is 6.77. The molecule has 5 nitrogen and oxygen atoms in total. The molecule has 2 N–H and O–H groups in total. The Morgan fingerprint density at radius 1 is 1.00 bits per heavy atom. The number of benzene rings is 2. The molecule has 0 spiro atoms. The van der Waals surface area contributed by atoms with Crippen LogP contribution in [0.15, 0.2) is 71.7 Å². The number of ketones is 2. The van der Waals surface area contributed by atoms with Gasteiger partial charge in [-0.1, -0.05) is 38.8 Å². The first kappa shape index (κ1) is 23.7. The summed E-state index contributed by atoms with van der Waals surface area (Å²) in [6, 6.07) is 13.1. The number of Topliss-reactive ketones (excluding diaryl/α,β-unsaturated/α-hetero) is 1. The average Bonchev–Trinajstić information content (AvgIpc) is 3.61. The van der Waals surface area contributed by atoms with Crippen LogP contribution in [0, 0.1) is 17.2 Å². The molecule has 0 bridgehead atoms. The summed E-state index contributed by atoms with van der Waals surface area (Å²) in [5.41, 5.74) is -0.288. The number of rotatable bonds is 9. The first-order valence-corrected chi connectivity index (χ1v) is 11.8. The molecule has 0 aromatic heterocycles. The molecule has 1 saturated carbocycles. The van der Waals surface area contributed by atoms with Gasteiger partial charge in [0.1, 0.15) is 28.8 Å². The number of allylic oxidation sites excluding steroid dienone is 3. The molecule has 0 radical (unpaired) electrons. The summed E-state index contributed by atoms with van der Waals surface area (Å²) in [5.74, 6) is -1.02. The Labute approximate surface area is 198 Å². The monoisotopic (exact) mass is 464 g/mol.